The van der Waals surface area contributed by atoms with E-state index < -0.39 is 11.5 Å². The summed E-state index contributed by atoms with van der Waals surface area (Å²) in [5, 5.41) is 11.5. The summed E-state index contributed by atoms with van der Waals surface area (Å²) in [6.45, 7) is 0. The lowest BCUT2D eigenvalue weighted by Gasteiger charge is -2.34. The van der Waals surface area contributed by atoms with Crippen molar-refractivity contribution in [2.45, 2.75) is 37.3 Å². The van der Waals surface area contributed by atoms with E-state index in [4.69, 9.17) is 10.5 Å². The fraction of sp³-hybridized carbons (Fsp3) is 0.353. The maximum atomic E-state index is 11.3. The first kappa shape index (κ1) is 13.9. The minimum atomic E-state index is -1.15. The number of hydrogen-bond donors (Lipinski definition) is 2. The monoisotopic (exact) mass is 285 g/mol. The molecular weight excluding hydrogens is 266 g/mol. The highest BCUT2D eigenvalue weighted by Crippen LogP contribution is 2.30. The molecule has 110 valence electrons. The van der Waals surface area contributed by atoms with Crippen LogP contribution in [0.2, 0.25) is 0 Å². The molecule has 1 fully saturated rings. The van der Waals surface area contributed by atoms with E-state index in [0.29, 0.717) is 12.8 Å². The lowest BCUT2D eigenvalue weighted by molar-refractivity contribution is -0.145. The van der Waals surface area contributed by atoms with Crippen molar-refractivity contribution in [3.63, 3.8) is 0 Å². The lowest BCUT2D eigenvalue weighted by Crippen LogP contribution is -2.53. The van der Waals surface area contributed by atoms with Gasteiger partial charge in [-0.15, -0.1) is 0 Å². The Hall–Kier alpha value is -2.07. The molecule has 3 N–H and O–H groups in total. The lowest BCUT2D eigenvalue weighted by atomic mass is 9.81. The zero-order valence-corrected chi connectivity index (χ0v) is 11.8. The molecule has 21 heavy (non-hydrogen) atoms. The van der Waals surface area contributed by atoms with Crippen LogP contribution in [0, 0.1) is 0 Å². The van der Waals surface area contributed by atoms with Gasteiger partial charge in [-0.05, 0) is 42.2 Å². The summed E-state index contributed by atoms with van der Waals surface area (Å²) in [5.41, 5.74) is 4.80. The number of fused-ring (bicyclic) bond motifs is 1. The fourth-order valence-corrected chi connectivity index (χ4v) is 2.98. The number of carboxylic acid groups (broad SMARTS) is 1. The molecule has 0 aromatic heterocycles. The van der Waals surface area contributed by atoms with Crippen LogP contribution < -0.4 is 10.5 Å². The summed E-state index contributed by atoms with van der Waals surface area (Å²) in [6, 6.07) is 14.0. The van der Waals surface area contributed by atoms with Gasteiger partial charge in [-0.1, -0.05) is 30.3 Å². The first-order chi connectivity index (χ1) is 10.1. The number of carboxylic acids is 1. The molecule has 0 heterocycles. The molecule has 4 heteroatoms. The van der Waals surface area contributed by atoms with E-state index in [9.17, 15) is 9.90 Å². The van der Waals surface area contributed by atoms with Crippen LogP contribution in [-0.4, -0.2) is 22.7 Å². The van der Waals surface area contributed by atoms with E-state index in [-0.39, 0.29) is 6.10 Å². The Balaban J connectivity index is 1.77. The molecule has 2 aromatic rings. The quantitative estimate of drug-likeness (QED) is 0.909. The summed E-state index contributed by atoms with van der Waals surface area (Å²) in [6.07, 6.45) is 2.36. The van der Waals surface area contributed by atoms with Crippen LogP contribution in [0.15, 0.2) is 42.5 Å². The van der Waals surface area contributed by atoms with Gasteiger partial charge in [0.1, 0.15) is 17.4 Å². The molecule has 1 aliphatic rings. The number of aliphatic carboxylic acids is 1. The molecule has 0 aliphatic heterocycles. The number of rotatable bonds is 3. The smallest absolute Gasteiger partial charge is 0.323 e. The minimum Gasteiger partial charge on any atom is -0.490 e. The van der Waals surface area contributed by atoms with Crippen molar-refractivity contribution in [2.75, 3.05) is 0 Å². The third kappa shape index (κ3) is 2.85. The Kier molecular flexibility index (Phi) is 3.55. The van der Waals surface area contributed by atoms with Gasteiger partial charge < -0.3 is 15.6 Å². The van der Waals surface area contributed by atoms with Crippen LogP contribution in [0.4, 0.5) is 0 Å². The average molecular weight is 285 g/mol. The minimum absolute atomic E-state index is 0.138. The summed E-state index contributed by atoms with van der Waals surface area (Å²) in [7, 11) is 0. The van der Waals surface area contributed by atoms with Crippen LogP contribution in [-0.2, 0) is 4.79 Å². The second-order valence-corrected chi connectivity index (χ2v) is 5.81. The SMILES string of the molecule is NC1(C(=O)O)CCCC(Oc2ccc3ccccc3c2)C1. The van der Waals surface area contributed by atoms with Crippen molar-refractivity contribution in [3.8, 4) is 5.75 Å². The molecule has 2 unspecified atom stereocenters. The predicted octanol–water partition coefficient (Wildman–Crippen LogP) is 2.94. The van der Waals surface area contributed by atoms with Gasteiger partial charge in [-0.2, -0.15) is 0 Å². The van der Waals surface area contributed by atoms with E-state index in [1.807, 2.05) is 36.4 Å². The summed E-state index contributed by atoms with van der Waals surface area (Å²) in [5.74, 6) is -0.164. The fourth-order valence-electron chi connectivity index (χ4n) is 2.98. The molecule has 2 aromatic carbocycles. The molecule has 0 radical (unpaired) electrons. The highest BCUT2D eigenvalue weighted by molar-refractivity contribution is 5.83. The highest BCUT2D eigenvalue weighted by atomic mass is 16.5. The van der Waals surface area contributed by atoms with Crippen molar-refractivity contribution >= 4 is 16.7 Å². The summed E-state index contributed by atoms with van der Waals surface area (Å²) >= 11 is 0. The van der Waals surface area contributed by atoms with Gasteiger partial charge in [0, 0.05) is 6.42 Å². The molecule has 3 rings (SSSR count). The number of ether oxygens (including phenoxy) is 1. The molecule has 1 aliphatic carbocycles. The van der Waals surface area contributed by atoms with Crippen LogP contribution in [0.1, 0.15) is 25.7 Å². The first-order valence-corrected chi connectivity index (χ1v) is 7.25. The van der Waals surface area contributed by atoms with E-state index in [0.717, 1.165) is 29.4 Å². The third-order valence-electron chi connectivity index (χ3n) is 4.19. The zero-order valence-electron chi connectivity index (χ0n) is 11.8. The second kappa shape index (κ2) is 5.37. The number of carbonyl (C=O) groups is 1. The third-order valence-corrected chi connectivity index (χ3v) is 4.19. The van der Waals surface area contributed by atoms with E-state index in [1.54, 1.807) is 0 Å². The normalized spacial score (nSPS) is 25.7. The standard InChI is InChI=1S/C17H19NO3/c18-17(16(19)20)9-3-6-15(11-17)21-14-8-7-12-4-1-2-5-13(12)10-14/h1-2,4-5,7-8,10,15H,3,6,9,11,18H2,(H,19,20). The van der Waals surface area contributed by atoms with Gasteiger partial charge in [-0.3, -0.25) is 4.79 Å². The Bertz CT molecular complexity index is 670. The molecule has 0 saturated heterocycles. The molecule has 4 nitrogen and oxygen atoms in total. The second-order valence-electron chi connectivity index (χ2n) is 5.81. The Morgan fingerprint density at radius 1 is 1.24 bits per heavy atom. The molecule has 0 bridgehead atoms. The van der Waals surface area contributed by atoms with Crippen molar-refractivity contribution in [3.05, 3.63) is 42.5 Å². The number of hydrogen-bond acceptors (Lipinski definition) is 3. The van der Waals surface area contributed by atoms with Crippen LogP contribution in [0.25, 0.3) is 10.8 Å². The predicted molar refractivity (Wildman–Crippen MR) is 81.4 cm³/mol. The largest absolute Gasteiger partial charge is 0.490 e. The molecule has 2 atom stereocenters. The van der Waals surface area contributed by atoms with Crippen molar-refractivity contribution in [1.29, 1.82) is 0 Å². The molecular formula is C17H19NO3. The highest BCUT2D eigenvalue weighted by Gasteiger charge is 2.40. The number of nitrogens with two attached hydrogens (primary N) is 1. The summed E-state index contributed by atoms with van der Waals surface area (Å²) < 4.78 is 5.97. The van der Waals surface area contributed by atoms with E-state index >= 15 is 0 Å². The average Bonchev–Trinajstić information content (AvgIpc) is 2.47. The maximum absolute atomic E-state index is 11.3. The van der Waals surface area contributed by atoms with Gasteiger partial charge in [0.05, 0.1) is 0 Å². The van der Waals surface area contributed by atoms with Crippen molar-refractivity contribution in [1.82, 2.24) is 0 Å². The Morgan fingerprint density at radius 3 is 2.76 bits per heavy atom. The van der Waals surface area contributed by atoms with Gasteiger partial charge in [-0.25, -0.2) is 0 Å². The van der Waals surface area contributed by atoms with Crippen LogP contribution in [0.5, 0.6) is 5.75 Å². The summed E-state index contributed by atoms with van der Waals surface area (Å²) in [4.78, 5) is 11.3. The maximum Gasteiger partial charge on any atom is 0.323 e. The zero-order chi connectivity index (χ0) is 14.9. The first-order valence-electron chi connectivity index (χ1n) is 7.25. The van der Waals surface area contributed by atoms with Crippen molar-refractivity contribution < 1.29 is 14.6 Å². The Labute approximate surface area is 123 Å². The topological polar surface area (TPSA) is 72.6 Å². The van der Waals surface area contributed by atoms with Crippen LogP contribution in [0.3, 0.4) is 0 Å². The van der Waals surface area contributed by atoms with Gasteiger partial charge >= 0.3 is 5.97 Å². The molecule has 0 amide bonds. The van der Waals surface area contributed by atoms with E-state index in [1.165, 1.54) is 0 Å². The van der Waals surface area contributed by atoms with Crippen LogP contribution >= 0.6 is 0 Å². The molecule has 1 saturated carbocycles. The van der Waals surface area contributed by atoms with Crippen molar-refractivity contribution in [2.24, 2.45) is 5.73 Å². The Morgan fingerprint density at radius 2 is 2.00 bits per heavy atom. The van der Waals surface area contributed by atoms with E-state index in [2.05, 4.69) is 6.07 Å². The van der Waals surface area contributed by atoms with Gasteiger partial charge in [0.2, 0.25) is 0 Å². The van der Waals surface area contributed by atoms with Gasteiger partial charge in [0.15, 0.2) is 0 Å². The molecule has 0 spiro atoms. The number of benzene rings is 2. The van der Waals surface area contributed by atoms with Gasteiger partial charge in [0.25, 0.3) is 0 Å².